The maximum atomic E-state index is 13.0. The van der Waals surface area contributed by atoms with Crippen molar-refractivity contribution in [2.45, 2.75) is 13.5 Å². The molecule has 3 aromatic rings. The molecule has 2 N–H and O–H groups in total. The van der Waals surface area contributed by atoms with E-state index in [2.05, 4.69) is 27.7 Å². The van der Waals surface area contributed by atoms with E-state index in [4.69, 9.17) is 0 Å². The maximum Gasteiger partial charge on any atom is 0.258 e. The van der Waals surface area contributed by atoms with Gasteiger partial charge < -0.3 is 15.5 Å². The van der Waals surface area contributed by atoms with Crippen molar-refractivity contribution in [3.8, 4) is 0 Å². The molecule has 0 fully saturated rings. The Kier molecular flexibility index (Phi) is 5.69. The van der Waals surface area contributed by atoms with Crippen molar-refractivity contribution in [3.05, 3.63) is 95.1 Å². The van der Waals surface area contributed by atoms with Gasteiger partial charge in [0.25, 0.3) is 5.91 Å². The van der Waals surface area contributed by atoms with Crippen LogP contribution in [0.15, 0.2) is 72.8 Å². The predicted octanol–water partition coefficient (Wildman–Crippen LogP) is 4.88. The van der Waals surface area contributed by atoms with Gasteiger partial charge in [-0.05, 0) is 62.5 Å². The number of nitrogens with zero attached hydrogens (tertiary/aromatic N) is 1. The van der Waals surface area contributed by atoms with Gasteiger partial charge in [0.05, 0.1) is 11.3 Å². The minimum absolute atomic E-state index is 0.0350. The van der Waals surface area contributed by atoms with Crippen LogP contribution in [0.25, 0.3) is 11.3 Å². The Hall–Kier alpha value is -3.70. The fraction of sp³-hybridized carbons (Fsp3) is 0.154. The summed E-state index contributed by atoms with van der Waals surface area (Å²) in [6.45, 7) is 2.39. The van der Waals surface area contributed by atoms with Crippen LogP contribution in [-0.4, -0.2) is 30.7 Å². The lowest BCUT2D eigenvalue weighted by Gasteiger charge is -2.16. The molecule has 0 atom stereocenters. The SMILES string of the molecule is CC(=O)c1ccc2c(c1)/C(=C(/Nc1ccc(CN(C)C)cc1)c1ccccc1)C(=O)N2. The Morgan fingerprint density at radius 2 is 1.65 bits per heavy atom. The van der Waals surface area contributed by atoms with Gasteiger partial charge in [-0.25, -0.2) is 0 Å². The number of benzene rings is 3. The highest BCUT2D eigenvalue weighted by atomic mass is 16.2. The van der Waals surface area contributed by atoms with Crippen molar-refractivity contribution in [3.63, 3.8) is 0 Å². The number of hydrogen-bond acceptors (Lipinski definition) is 4. The lowest BCUT2D eigenvalue weighted by Crippen LogP contribution is -2.11. The zero-order valence-electron chi connectivity index (χ0n) is 17.9. The number of rotatable bonds is 6. The molecule has 0 radical (unpaired) electrons. The first-order chi connectivity index (χ1) is 14.9. The molecule has 0 saturated carbocycles. The third-order valence-corrected chi connectivity index (χ3v) is 5.21. The summed E-state index contributed by atoms with van der Waals surface area (Å²) in [4.78, 5) is 27.0. The fourth-order valence-electron chi connectivity index (χ4n) is 3.72. The molecule has 5 nitrogen and oxygen atoms in total. The molecule has 4 rings (SSSR count). The number of Topliss-reactive ketones (excluding diaryl/α,β-unsaturated/α-hetero) is 1. The summed E-state index contributed by atoms with van der Waals surface area (Å²) in [7, 11) is 4.07. The van der Waals surface area contributed by atoms with Crippen molar-refractivity contribution in [1.82, 2.24) is 4.90 Å². The zero-order valence-corrected chi connectivity index (χ0v) is 17.9. The van der Waals surface area contributed by atoms with Crippen LogP contribution in [0.2, 0.25) is 0 Å². The van der Waals surface area contributed by atoms with E-state index in [1.54, 1.807) is 18.2 Å². The lowest BCUT2D eigenvalue weighted by molar-refractivity contribution is -0.110. The topological polar surface area (TPSA) is 61.4 Å². The normalized spacial score (nSPS) is 14.3. The summed E-state index contributed by atoms with van der Waals surface area (Å²) < 4.78 is 0. The molecule has 31 heavy (non-hydrogen) atoms. The van der Waals surface area contributed by atoms with Crippen LogP contribution in [0.4, 0.5) is 11.4 Å². The van der Waals surface area contributed by atoms with Gasteiger partial charge >= 0.3 is 0 Å². The molecule has 0 aliphatic carbocycles. The average molecular weight is 412 g/mol. The molecule has 3 aromatic carbocycles. The molecule has 0 aromatic heterocycles. The minimum atomic E-state index is -0.189. The molecule has 0 saturated heterocycles. The van der Waals surface area contributed by atoms with Gasteiger partial charge in [-0.15, -0.1) is 0 Å². The summed E-state index contributed by atoms with van der Waals surface area (Å²) in [6.07, 6.45) is 0. The van der Waals surface area contributed by atoms with Crippen LogP contribution in [-0.2, 0) is 11.3 Å². The van der Waals surface area contributed by atoms with Crippen molar-refractivity contribution in [1.29, 1.82) is 0 Å². The molecule has 156 valence electrons. The van der Waals surface area contributed by atoms with Crippen LogP contribution in [0.1, 0.15) is 34.0 Å². The van der Waals surface area contributed by atoms with E-state index in [1.807, 2.05) is 56.6 Å². The number of ketones is 1. The van der Waals surface area contributed by atoms with Crippen LogP contribution in [0.5, 0.6) is 0 Å². The second-order valence-electron chi connectivity index (χ2n) is 7.95. The predicted molar refractivity (Wildman–Crippen MR) is 126 cm³/mol. The summed E-state index contributed by atoms with van der Waals surface area (Å²) >= 11 is 0. The number of fused-ring (bicyclic) bond motifs is 1. The first kappa shape index (κ1) is 20.6. The van der Waals surface area contributed by atoms with Gasteiger partial charge in [-0.1, -0.05) is 42.5 Å². The molecule has 5 heteroatoms. The van der Waals surface area contributed by atoms with E-state index in [9.17, 15) is 9.59 Å². The summed E-state index contributed by atoms with van der Waals surface area (Å²) in [5, 5.41) is 6.38. The van der Waals surface area contributed by atoms with Crippen molar-refractivity contribution in [2.24, 2.45) is 0 Å². The van der Waals surface area contributed by atoms with E-state index in [0.29, 0.717) is 22.5 Å². The highest BCUT2D eigenvalue weighted by molar-refractivity contribution is 6.37. The second kappa shape index (κ2) is 8.58. The van der Waals surface area contributed by atoms with E-state index < -0.39 is 0 Å². The third-order valence-electron chi connectivity index (χ3n) is 5.21. The molecular weight excluding hydrogens is 386 g/mol. The van der Waals surface area contributed by atoms with E-state index in [1.165, 1.54) is 12.5 Å². The summed E-state index contributed by atoms with van der Waals surface area (Å²) in [5.74, 6) is -0.224. The van der Waals surface area contributed by atoms with Gasteiger partial charge in [-0.3, -0.25) is 9.59 Å². The Morgan fingerprint density at radius 3 is 2.29 bits per heavy atom. The average Bonchev–Trinajstić information content (AvgIpc) is 3.08. The standard InChI is InChI=1S/C26H25N3O2/c1-17(30)20-11-14-23-22(15-20)24(26(31)28-23)25(19-7-5-4-6-8-19)27-21-12-9-18(10-13-21)16-29(2)3/h4-15,27H,16H2,1-3H3,(H,28,31)/b25-24-. The molecule has 1 heterocycles. The molecule has 1 amide bonds. The Labute approximate surface area is 182 Å². The highest BCUT2D eigenvalue weighted by Gasteiger charge is 2.29. The van der Waals surface area contributed by atoms with E-state index in [-0.39, 0.29) is 11.7 Å². The first-order valence-corrected chi connectivity index (χ1v) is 10.2. The van der Waals surface area contributed by atoms with Gasteiger partial charge in [0, 0.05) is 29.0 Å². The molecule has 0 bridgehead atoms. The number of carbonyl (C=O) groups is 2. The molecular formula is C26H25N3O2. The Balaban J connectivity index is 1.82. The Morgan fingerprint density at radius 1 is 0.935 bits per heavy atom. The number of anilines is 2. The number of hydrogen-bond donors (Lipinski definition) is 2. The first-order valence-electron chi connectivity index (χ1n) is 10.2. The second-order valence-corrected chi connectivity index (χ2v) is 7.95. The number of amides is 1. The fourth-order valence-corrected chi connectivity index (χ4v) is 3.72. The van der Waals surface area contributed by atoms with Gasteiger partial charge in [0.15, 0.2) is 5.78 Å². The van der Waals surface area contributed by atoms with Crippen LogP contribution in [0.3, 0.4) is 0 Å². The largest absolute Gasteiger partial charge is 0.354 e. The molecule has 0 spiro atoms. The summed E-state index contributed by atoms with van der Waals surface area (Å²) in [6, 6.07) is 23.3. The number of carbonyl (C=O) groups excluding carboxylic acids is 2. The number of nitrogens with one attached hydrogen (secondary N) is 2. The zero-order chi connectivity index (χ0) is 22.0. The quantitative estimate of drug-likeness (QED) is 0.448. The van der Waals surface area contributed by atoms with Crippen molar-refractivity contribution < 1.29 is 9.59 Å². The molecule has 0 unspecified atom stereocenters. The summed E-state index contributed by atoms with van der Waals surface area (Å²) in [5.41, 5.74) is 6.24. The van der Waals surface area contributed by atoms with Crippen LogP contribution < -0.4 is 10.6 Å². The molecule has 1 aliphatic heterocycles. The van der Waals surface area contributed by atoms with Crippen molar-refractivity contribution >= 4 is 34.3 Å². The van der Waals surface area contributed by atoms with Gasteiger partial charge in [0.2, 0.25) is 0 Å². The minimum Gasteiger partial charge on any atom is -0.354 e. The lowest BCUT2D eigenvalue weighted by atomic mass is 9.97. The maximum absolute atomic E-state index is 13.0. The van der Waals surface area contributed by atoms with Crippen molar-refractivity contribution in [2.75, 3.05) is 24.7 Å². The van der Waals surface area contributed by atoms with E-state index in [0.717, 1.165) is 23.4 Å². The van der Waals surface area contributed by atoms with Crippen LogP contribution in [0, 0.1) is 0 Å². The third kappa shape index (κ3) is 4.42. The van der Waals surface area contributed by atoms with E-state index >= 15 is 0 Å². The molecule has 1 aliphatic rings. The smallest absolute Gasteiger partial charge is 0.258 e. The highest BCUT2D eigenvalue weighted by Crippen LogP contribution is 2.38. The Bertz CT molecular complexity index is 1160. The van der Waals surface area contributed by atoms with Crippen LogP contribution >= 0.6 is 0 Å². The monoisotopic (exact) mass is 411 g/mol. The van der Waals surface area contributed by atoms with Gasteiger partial charge in [-0.2, -0.15) is 0 Å². The van der Waals surface area contributed by atoms with Gasteiger partial charge in [0.1, 0.15) is 0 Å².